The molecule has 0 aliphatic heterocycles. The monoisotopic (exact) mass is 322 g/mol. The van der Waals surface area contributed by atoms with Gasteiger partial charge in [-0.05, 0) is 12.3 Å². The zero-order valence-corrected chi connectivity index (χ0v) is 15.2. The number of rotatable bonds is 7. The average Bonchev–Trinajstić information content (AvgIpc) is 2.80. The number of hydrogen-bond acceptors (Lipinski definition) is 4. The summed E-state index contributed by atoms with van der Waals surface area (Å²) in [7, 11) is 3.67. The van der Waals surface area contributed by atoms with Gasteiger partial charge in [-0.2, -0.15) is 0 Å². The smallest absolute Gasteiger partial charge is 0.192 e. The summed E-state index contributed by atoms with van der Waals surface area (Å²) in [5.41, 5.74) is 0.0476. The van der Waals surface area contributed by atoms with Crippen LogP contribution in [0.5, 0.6) is 0 Å². The van der Waals surface area contributed by atoms with Gasteiger partial charge in [-0.25, -0.2) is 4.99 Å². The van der Waals surface area contributed by atoms with Crippen LogP contribution in [0.3, 0.4) is 0 Å². The molecule has 0 aliphatic rings. The number of nitrogens with zero attached hydrogens (tertiary/aromatic N) is 4. The van der Waals surface area contributed by atoms with E-state index in [-0.39, 0.29) is 11.5 Å². The molecule has 0 fully saturated rings. The maximum Gasteiger partial charge on any atom is 0.192 e. The lowest BCUT2D eigenvalue weighted by atomic mass is 9.89. The number of aromatic nitrogens is 3. The van der Waals surface area contributed by atoms with Crippen molar-refractivity contribution in [1.29, 1.82) is 0 Å². The van der Waals surface area contributed by atoms with Crippen LogP contribution in [0.4, 0.5) is 0 Å². The molecule has 7 heteroatoms. The van der Waals surface area contributed by atoms with Gasteiger partial charge < -0.3 is 19.9 Å². The maximum absolute atomic E-state index is 5.56. The summed E-state index contributed by atoms with van der Waals surface area (Å²) in [6.07, 6.45) is 1.87. The Morgan fingerprint density at radius 2 is 2.09 bits per heavy atom. The molecule has 0 aromatic carbocycles. The van der Waals surface area contributed by atoms with E-state index in [0.717, 1.165) is 11.6 Å². The van der Waals surface area contributed by atoms with E-state index < -0.39 is 0 Å². The van der Waals surface area contributed by atoms with Gasteiger partial charge in [0.25, 0.3) is 0 Å². The van der Waals surface area contributed by atoms with E-state index in [1.165, 1.54) is 0 Å². The molecule has 2 N–H and O–H groups in total. The summed E-state index contributed by atoms with van der Waals surface area (Å²) in [4.78, 5) is 4.56. The third kappa shape index (κ3) is 6.02. The highest BCUT2D eigenvalue weighted by Crippen LogP contribution is 2.20. The van der Waals surface area contributed by atoms with Crippen molar-refractivity contribution in [2.45, 2.75) is 40.3 Å². The standard InChI is InChI=1S/C16H30N6O/c1-8-9-17-15(18-10-13(23-7)16(3,4)5)19-11-14-21-20-12(2)22(14)6/h8,13H,1,9-11H2,2-7H3,(H2,17,18,19). The number of methoxy groups -OCH3 is 1. The molecule has 1 aromatic rings. The van der Waals surface area contributed by atoms with Crippen molar-refractivity contribution in [2.75, 3.05) is 20.2 Å². The average molecular weight is 322 g/mol. The molecule has 1 atom stereocenters. The summed E-state index contributed by atoms with van der Waals surface area (Å²) in [5, 5.41) is 14.7. The molecule has 0 aliphatic carbocycles. The van der Waals surface area contributed by atoms with Gasteiger partial charge in [0.05, 0.1) is 6.10 Å². The minimum Gasteiger partial charge on any atom is -0.379 e. The molecule has 1 rings (SSSR count). The first kappa shape index (κ1) is 19.2. The second-order valence-electron chi connectivity index (χ2n) is 6.53. The third-order valence-electron chi connectivity index (χ3n) is 3.68. The largest absolute Gasteiger partial charge is 0.379 e. The highest BCUT2D eigenvalue weighted by Gasteiger charge is 2.24. The van der Waals surface area contributed by atoms with Crippen molar-refractivity contribution in [3.8, 4) is 0 Å². The second kappa shape index (κ2) is 8.67. The highest BCUT2D eigenvalue weighted by atomic mass is 16.5. The van der Waals surface area contributed by atoms with E-state index in [9.17, 15) is 0 Å². The molecule has 0 radical (unpaired) electrons. The number of aryl methyl sites for hydroxylation is 1. The van der Waals surface area contributed by atoms with Gasteiger partial charge in [0, 0.05) is 27.2 Å². The van der Waals surface area contributed by atoms with E-state index in [1.807, 2.05) is 18.5 Å². The fourth-order valence-corrected chi connectivity index (χ4v) is 2.01. The van der Waals surface area contributed by atoms with Crippen molar-refractivity contribution < 1.29 is 4.74 Å². The van der Waals surface area contributed by atoms with Crippen molar-refractivity contribution >= 4 is 5.96 Å². The van der Waals surface area contributed by atoms with Gasteiger partial charge in [-0.3, -0.25) is 0 Å². The number of ether oxygens (including phenoxy) is 1. The lowest BCUT2D eigenvalue weighted by molar-refractivity contribution is 0.0205. The van der Waals surface area contributed by atoms with Gasteiger partial charge in [0.1, 0.15) is 12.4 Å². The Morgan fingerprint density at radius 3 is 2.57 bits per heavy atom. The molecular formula is C16H30N6O. The van der Waals surface area contributed by atoms with Gasteiger partial charge in [-0.1, -0.05) is 26.8 Å². The van der Waals surface area contributed by atoms with Gasteiger partial charge >= 0.3 is 0 Å². The molecule has 7 nitrogen and oxygen atoms in total. The number of hydrogen-bond donors (Lipinski definition) is 2. The molecule has 1 aromatic heterocycles. The SMILES string of the molecule is C=CCNC(=NCc1nnc(C)n1C)NCC(OC)C(C)(C)C. The zero-order valence-electron chi connectivity index (χ0n) is 15.2. The molecule has 0 saturated carbocycles. The van der Waals surface area contributed by atoms with Crippen LogP contribution in [-0.2, 0) is 18.3 Å². The second-order valence-corrected chi connectivity index (χ2v) is 6.53. The van der Waals surface area contributed by atoms with Gasteiger partial charge in [-0.15, -0.1) is 16.8 Å². The fraction of sp³-hybridized carbons (Fsp3) is 0.688. The summed E-state index contributed by atoms with van der Waals surface area (Å²) in [6, 6.07) is 0. The number of aliphatic imine (C=N–C) groups is 1. The van der Waals surface area contributed by atoms with Crippen molar-refractivity contribution in [1.82, 2.24) is 25.4 Å². The van der Waals surface area contributed by atoms with Gasteiger partial charge in [0.2, 0.25) is 0 Å². The molecule has 0 bridgehead atoms. The molecule has 130 valence electrons. The van der Waals surface area contributed by atoms with E-state index >= 15 is 0 Å². The summed E-state index contributed by atoms with van der Waals surface area (Å²) < 4.78 is 7.50. The minimum atomic E-state index is 0.0476. The Labute approximate surface area is 139 Å². The van der Waals surface area contributed by atoms with E-state index in [1.54, 1.807) is 13.2 Å². The highest BCUT2D eigenvalue weighted by molar-refractivity contribution is 5.79. The van der Waals surface area contributed by atoms with E-state index in [2.05, 4.69) is 53.2 Å². The Hall–Kier alpha value is -1.89. The van der Waals surface area contributed by atoms with Gasteiger partial charge in [0.15, 0.2) is 11.8 Å². The zero-order chi connectivity index (χ0) is 17.5. The molecule has 0 spiro atoms. The Balaban J connectivity index is 2.73. The Kier molecular flexibility index (Phi) is 7.22. The molecule has 0 amide bonds. The quantitative estimate of drug-likeness (QED) is 0.451. The van der Waals surface area contributed by atoms with Crippen molar-refractivity contribution in [2.24, 2.45) is 17.5 Å². The summed E-state index contributed by atoms with van der Waals surface area (Å²) >= 11 is 0. The van der Waals surface area contributed by atoms with Crippen LogP contribution in [0.1, 0.15) is 32.4 Å². The summed E-state index contributed by atoms with van der Waals surface area (Å²) in [5.74, 6) is 2.40. The van der Waals surface area contributed by atoms with Crippen LogP contribution < -0.4 is 10.6 Å². The van der Waals surface area contributed by atoms with Crippen LogP contribution in [0.2, 0.25) is 0 Å². The van der Waals surface area contributed by atoms with Crippen molar-refractivity contribution in [3.05, 3.63) is 24.3 Å². The molecule has 0 saturated heterocycles. The third-order valence-corrected chi connectivity index (χ3v) is 3.68. The van der Waals surface area contributed by atoms with E-state index in [0.29, 0.717) is 25.6 Å². The first-order chi connectivity index (χ1) is 10.8. The Bertz CT molecular complexity index is 529. The lowest BCUT2D eigenvalue weighted by Crippen LogP contribution is -2.45. The van der Waals surface area contributed by atoms with Crippen LogP contribution in [0.25, 0.3) is 0 Å². The first-order valence-corrected chi connectivity index (χ1v) is 7.80. The Morgan fingerprint density at radius 1 is 1.39 bits per heavy atom. The van der Waals surface area contributed by atoms with Crippen LogP contribution >= 0.6 is 0 Å². The first-order valence-electron chi connectivity index (χ1n) is 7.80. The maximum atomic E-state index is 5.56. The normalized spacial score (nSPS) is 13.7. The van der Waals surface area contributed by atoms with Crippen LogP contribution in [0.15, 0.2) is 17.6 Å². The fourth-order valence-electron chi connectivity index (χ4n) is 2.01. The van der Waals surface area contributed by atoms with Crippen LogP contribution in [0, 0.1) is 12.3 Å². The summed E-state index contributed by atoms with van der Waals surface area (Å²) in [6.45, 7) is 13.9. The van der Waals surface area contributed by atoms with Crippen molar-refractivity contribution in [3.63, 3.8) is 0 Å². The molecule has 23 heavy (non-hydrogen) atoms. The number of guanidine groups is 1. The number of nitrogens with one attached hydrogen (secondary N) is 2. The van der Waals surface area contributed by atoms with E-state index in [4.69, 9.17) is 4.74 Å². The minimum absolute atomic E-state index is 0.0476. The molecule has 1 heterocycles. The molecule has 1 unspecified atom stereocenters. The topological polar surface area (TPSA) is 76.4 Å². The predicted molar refractivity (Wildman–Crippen MR) is 93.3 cm³/mol. The van der Waals surface area contributed by atoms with Crippen LogP contribution in [-0.4, -0.2) is 47.0 Å². The lowest BCUT2D eigenvalue weighted by Gasteiger charge is -2.30. The predicted octanol–water partition coefficient (Wildman–Crippen LogP) is 1.41. The molecular weight excluding hydrogens is 292 g/mol.